The van der Waals surface area contributed by atoms with Crippen LogP contribution in [0.15, 0.2) is 24.3 Å². The third kappa shape index (κ3) is 6.25. The fraction of sp³-hybridized carbons (Fsp3) is 0.462. The minimum Gasteiger partial charge on any atom is -0.493 e. The Morgan fingerprint density at radius 3 is 2.55 bits per heavy atom. The van der Waals surface area contributed by atoms with Crippen molar-refractivity contribution >= 4 is 25.7 Å². The molecule has 112 valence electrons. The van der Waals surface area contributed by atoms with E-state index in [0.29, 0.717) is 37.2 Å². The van der Waals surface area contributed by atoms with Crippen LogP contribution in [0.25, 0.3) is 0 Å². The van der Waals surface area contributed by atoms with Crippen LogP contribution >= 0.6 is 10.7 Å². The van der Waals surface area contributed by atoms with Crippen LogP contribution in [0.1, 0.15) is 29.6 Å². The zero-order valence-electron chi connectivity index (χ0n) is 11.2. The highest BCUT2D eigenvalue weighted by atomic mass is 35.7. The Kier molecular flexibility index (Phi) is 6.81. The molecule has 1 aromatic carbocycles. The fourth-order valence-electron chi connectivity index (χ4n) is 1.61. The summed E-state index contributed by atoms with van der Waals surface area (Å²) in [6.07, 6.45) is 1.86. The molecule has 1 aromatic rings. The van der Waals surface area contributed by atoms with Gasteiger partial charge in [0.05, 0.1) is 19.5 Å². The lowest BCUT2D eigenvalue weighted by molar-refractivity contribution is 0.0596. The van der Waals surface area contributed by atoms with E-state index >= 15 is 0 Å². The molecular formula is C13H17ClO5S. The number of para-hydroxylation sites is 1. The second-order valence-electron chi connectivity index (χ2n) is 4.14. The first-order chi connectivity index (χ1) is 9.44. The molecule has 0 amide bonds. The third-order valence-corrected chi connectivity index (χ3v) is 3.82. The molecule has 0 aromatic heterocycles. The van der Waals surface area contributed by atoms with E-state index < -0.39 is 15.0 Å². The Morgan fingerprint density at radius 2 is 1.90 bits per heavy atom. The van der Waals surface area contributed by atoms with Gasteiger partial charge < -0.3 is 9.47 Å². The Bertz CT molecular complexity index is 541. The van der Waals surface area contributed by atoms with Crippen molar-refractivity contribution < 1.29 is 22.7 Å². The number of esters is 1. The quantitative estimate of drug-likeness (QED) is 0.418. The zero-order chi connectivity index (χ0) is 15.0. The van der Waals surface area contributed by atoms with E-state index in [1.807, 2.05) is 0 Å². The lowest BCUT2D eigenvalue weighted by atomic mass is 10.2. The van der Waals surface area contributed by atoms with Crippen LogP contribution in [-0.2, 0) is 13.8 Å². The van der Waals surface area contributed by atoms with Gasteiger partial charge in [0.25, 0.3) is 0 Å². The average Bonchev–Trinajstić information content (AvgIpc) is 2.41. The van der Waals surface area contributed by atoms with Crippen molar-refractivity contribution in [2.24, 2.45) is 0 Å². The van der Waals surface area contributed by atoms with Crippen molar-refractivity contribution in [3.05, 3.63) is 29.8 Å². The summed E-state index contributed by atoms with van der Waals surface area (Å²) in [5.41, 5.74) is 0.373. The first kappa shape index (κ1) is 16.8. The molecule has 0 heterocycles. The maximum atomic E-state index is 11.5. The van der Waals surface area contributed by atoms with Gasteiger partial charge in [0, 0.05) is 10.7 Å². The van der Waals surface area contributed by atoms with E-state index in [9.17, 15) is 13.2 Å². The molecule has 5 nitrogen and oxygen atoms in total. The Balaban J connectivity index is 2.37. The maximum absolute atomic E-state index is 11.5. The molecule has 0 aliphatic heterocycles. The van der Waals surface area contributed by atoms with Gasteiger partial charge in [-0.2, -0.15) is 0 Å². The molecular weight excluding hydrogens is 304 g/mol. The van der Waals surface area contributed by atoms with E-state index in [1.54, 1.807) is 24.3 Å². The number of methoxy groups -OCH3 is 1. The standard InChI is InChI=1S/C13H17ClO5S/c1-18-13(15)11-7-3-4-8-12(11)19-9-5-2-6-10-20(14,16)17/h3-4,7-8H,2,5-6,9-10H2,1H3. The van der Waals surface area contributed by atoms with Gasteiger partial charge in [-0.25, -0.2) is 13.2 Å². The second kappa shape index (κ2) is 8.11. The van der Waals surface area contributed by atoms with Crippen LogP contribution in [-0.4, -0.2) is 33.9 Å². The number of carbonyl (C=O) groups excluding carboxylic acids is 1. The predicted molar refractivity (Wildman–Crippen MR) is 76.8 cm³/mol. The largest absolute Gasteiger partial charge is 0.493 e. The monoisotopic (exact) mass is 320 g/mol. The van der Waals surface area contributed by atoms with E-state index in [4.69, 9.17) is 15.4 Å². The summed E-state index contributed by atoms with van der Waals surface area (Å²) in [5.74, 6) is -0.0222. The van der Waals surface area contributed by atoms with Crippen molar-refractivity contribution in [3.8, 4) is 5.75 Å². The summed E-state index contributed by atoms with van der Waals surface area (Å²) in [7, 11) is 3.00. The Hall–Kier alpha value is -1.27. The van der Waals surface area contributed by atoms with Crippen LogP contribution in [0, 0.1) is 0 Å². The van der Waals surface area contributed by atoms with Crippen LogP contribution in [0.2, 0.25) is 0 Å². The molecule has 7 heteroatoms. The van der Waals surface area contributed by atoms with E-state index in [-0.39, 0.29) is 5.75 Å². The molecule has 0 aliphatic carbocycles. The summed E-state index contributed by atoms with van der Waals surface area (Å²) >= 11 is 0. The van der Waals surface area contributed by atoms with Crippen molar-refractivity contribution in [3.63, 3.8) is 0 Å². The van der Waals surface area contributed by atoms with Gasteiger partial charge in [-0.15, -0.1) is 0 Å². The second-order valence-corrected chi connectivity index (χ2v) is 7.04. The van der Waals surface area contributed by atoms with E-state index in [0.717, 1.165) is 0 Å². The number of unbranched alkanes of at least 4 members (excludes halogenated alkanes) is 2. The molecule has 0 N–H and O–H groups in total. The number of carbonyl (C=O) groups is 1. The van der Waals surface area contributed by atoms with Crippen LogP contribution in [0.3, 0.4) is 0 Å². The molecule has 1 rings (SSSR count). The average molecular weight is 321 g/mol. The number of hydrogen-bond acceptors (Lipinski definition) is 5. The van der Waals surface area contributed by atoms with Gasteiger partial charge in [0.2, 0.25) is 9.05 Å². The molecule has 0 fully saturated rings. The Morgan fingerprint density at radius 1 is 1.20 bits per heavy atom. The highest BCUT2D eigenvalue weighted by Crippen LogP contribution is 2.19. The smallest absolute Gasteiger partial charge is 0.341 e. The predicted octanol–water partition coefficient (Wildman–Crippen LogP) is 2.59. The SMILES string of the molecule is COC(=O)c1ccccc1OCCCCCS(=O)(=O)Cl. The highest BCUT2D eigenvalue weighted by Gasteiger charge is 2.11. The zero-order valence-corrected chi connectivity index (χ0v) is 12.7. The molecule has 0 spiro atoms. The molecule has 0 atom stereocenters. The van der Waals surface area contributed by atoms with Gasteiger partial charge in [0.1, 0.15) is 11.3 Å². The van der Waals surface area contributed by atoms with Crippen LogP contribution in [0.4, 0.5) is 0 Å². The molecule has 0 saturated carbocycles. The topological polar surface area (TPSA) is 69.7 Å². The molecule has 0 saturated heterocycles. The minimum absolute atomic E-state index is 0.0344. The lowest BCUT2D eigenvalue weighted by Gasteiger charge is -2.09. The van der Waals surface area contributed by atoms with Crippen LogP contribution < -0.4 is 4.74 Å². The summed E-state index contributed by atoms with van der Waals surface area (Å²) in [6, 6.07) is 6.81. The van der Waals surface area contributed by atoms with Crippen molar-refractivity contribution in [2.45, 2.75) is 19.3 Å². The van der Waals surface area contributed by atoms with Crippen molar-refractivity contribution in [1.82, 2.24) is 0 Å². The third-order valence-electron chi connectivity index (χ3n) is 2.58. The van der Waals surface area contributed by atoms with Crippen molar-refractivity contribution in [2.75, 3.05) is 19.5 Å². The normalized spacial score (nSPS) is 11.1. The molecule has 20 heavy (non-hydrogen) atoms. The first-order valence-corrected chi connectivity index (χ1v) is 8.64. The van der Waals surface area contributed by atoms with Gasteiger partial charge in [-0.1, -0.05) is 12.1 Å². The molecule has 0 aliphatic rings. The van der Waals surface area contributed by atoms with E-state index in [1.165, 1.54) is 7.11 Å². The molecule has 0 bridgehead atoms. The van der Waals surface area contributed by atoms with Gasteiger partial charge >= 0.3 is 5.97 Å². The molecule has 0 unspecified atom stereocenters. The number of benzene rings is 1. The van der Waals surface area contributed by atoms with Gasteiger partial charge in [-0.05, 0) is 31.4 Å². The summed E-state index contributed by atoms with van der Waals surface area (Å²) in [6.45, 7) is 0.399. The number of halogens is 1. The van der Waals surface area contributed by atoms with Crippen LogP contribution in [0.5, 0.6) is 5.75 Å². The number of rotatable bonds is 8. The van der Waals surface area contributed by atoms with Gasteiger partial charge in [-0.3, -0.25) is 0 Å². The van der Waals surface area contributed by atoms with Crippen molar-refractivity contribution in [1.29, 1.82) is 0 Å². The number of hydrogen-bond donors (Lipinski definition) is 0. The van der Waals surface area contributed by atoms with E-state index in [2.05, 4.69) is 4.74 Å². The minimum atomic E-state index is -3.41. The highest BCUT2D eigenvalue weighted by molar-refractivity contribution is 8.13. The fourth-order valence-corrected chi connectivity index (χ4v) is 2.48. The lowest BCUT2D eigenvalue weighted by Crippen LogP contribution is -2.06. The maximum Gasteiger partial charge on any atom is 0.341 e. The summed E-state index contributed by atoms with van der Waals surface area (Å²) in [5, 5.41) is 0. The summed E-state index contributed by atoms with van der Waals surface area (Å²) in [4.78, 5) is 11.5. The first-order valence-electron chi connectivity index (χ1n) is 6.16. The Labute approximate surface area is 123 Å². The summed E-state index contributed by atoms with van der Waals surface area (Å²) < 4.78 is 31.6. The van der Waals surface area contributed by atoms with Gasteiger partial charge in [0.15, 0.2) is 0 Å². The molecule has 0 radical (unpaired) electrons. The number of ether oxygens (including phenoxy) is 2.